The molecule has 7 unspecified atom stereocenters. The number of carboxylic acid groups (broad SMARTS) is 1. The van der Waals surface area contributed by atoms with Gasteiger partial charge in [0.2, 0.25) is 17.8 Å². The Morgan fingerprint density at radius 2 is 1.44 bits per heavy atom. The van der Waals surface area contributed by atoms with Gasteiger partial charge in [0, 0.05) is 12.2 Å². The van der Waals surface area contributed by atoms with Gasteiger partial charge in [0.05, 0.1) is 25.4 Å². The van der Waals surface area contributed by atoms with E-state index in [4.69, 9.17) is 28.4 Å². The molecule has 0 spiro atoms. The molecule has 3 heterocycles. The Labute approximate surface area is 201 Å². The fraction of sp³-hybridized carbons (Fsp3) is 0.409. The maximum atomic E-state index is 11.4. The molecule has 0 aromatic carbocycles. The zero-order chi connectivity index (χ0) is 26.0. The second-order valence-corrected chi connectivity index (χ2v) is 8.29. The number of methoxy groups -OCH3 is 2. The van der Waals surface area contributed by atoms with Crippen molar-refractivity contribution in [1.29, 1.82) is 0 Å². The van der Waals surface area contributed by atoms with Crippen LogP contribution in [-0.2, 0) is 33.2 Å². The van der Waals surface area contributed by atoms with Crippen LogP contribution in [0.2, 0.25) is 0 Å². The summed E-state index contributed by atoms with van der Waals surface area (Å²) in [5.41, 5.74) is 0.714. The summed E-state index contributed by atoms with van der Waals surface area (Å²) in [5, 5.41) is 49.9. The van der Waals surface area contributed by atoms with Crippen molar-refractivity contribution >= 4 is 17.9 Å². The minimum Gasteiger partial charge on any atom is -0.504 e. The molecule has 14 nitrogen and oxygen atoms in total. The molecule has 5 rings (SSSR count). The maximum Gasteiger partial charge on any atom is 0.519 e. The molecule has 0 radical (unpaired) electrons. The third-order valence-corrected chi connectivity index (χ3v) is 6.34. The van der Waals surface area contributed by atoms with Crippen LogP contribution in [0.25, 0.3) is 0 Å². The van der Waals surface area contributed by atoms with Crippen molar-refractivity contribution in [2.75, 3.05) is 14.2 Å². The molecule has 14 heteroatoms. The molecular formula is C22H22O14+2. The molecule has 5 aliphatic rings. The van der Waals surface area contributed by atoms with E-state index in [1.54, 1.807) is 0 Å². The van der Waals surface area contributed by atoms with E-state index < -0.39 is 60.8 Å². The molecule has 0 amide bonds. The monoisotopic (exact) mass is 510 g/mol. The van der Waals surface area contributed by atoms with Crippen molar-refractivity contribution in [2.45, 2.75) is 42.9 Å². The molecule has 0 saturated carbocycles. The molecule has 0 aromatic rings. The normalized spacial score (nSPS) is 35.3. The third kappa shape index (κ3) is 3.30. The lowest BCUT2D eigenvalue weighted by atomic mass is 9.78. The van der Waals surface area contributed by atoms with Crippen molar-refractivity contribution in [3.05, 3.63) is 57.5 Å². The summed E-state index contributed by atoms with van der Waals surface area (Å²) >= 11 is 0. The second kappa shape index (κ2) is 8.37. The van der Waals surface area contributed by atoms with Crippen molar-refractivity contribution in [3.8, 4) is 0 Å². The zero-order valence-corrected chi connectivity index (χ0v) is 18.7. The SMILES string of the molecule is COC1=C(O)C=C2C(=[OH+])OC3C(OC)=C(OC4OC(C(=O)O)C(O)C(O)C4O)C=C4C(=[OH+])OC1C2=C43. The number of aliphatic hydroxyl groups excluding tert-OH is 4. The number of carboxylic acids is 1. The second-order valence-electron chi connectivity index (χ2n) is 8.29. The molecule has 0 aromatic heterocycles. The van der Waals surface area contributed by atoms with Crippen molar-refractivity contribution in [3.63, 3.8) is 0 Å². The molecule has 7 N–H and O–H groups in total. The number of ether oxygens (including phenoxy) is 6. The Kier molecular flexibility index (Phi) is 5.55. The average Bonchev–Trinajstić information content (AvgIpc) is 2.83. The van der Waals surface area contributed by atoms with Gasteiger partial charge in [0.1, 0.15) is 29.5 Å². The largest absolute Gasteiger partial charge is 0.519 e. The van der Waals surface area contributed by atoms with E-state index in [0.29, 0.717) is 11.1 Å². The molecule has 0 bridgehead atoms. The summed E-state index contributed by atoms with van der Waals surface area (Å²) < 4.78 is 32.7. The van der Waals surface area contributed by atoms with Gasteiger partial charge in [0.25, 0.3) is 12.2 Å². The molecule has 7 atom stereocenters. The molecule has 2 aliphatic carbocycles. The minimum atomic E-state index is -1.93. The van der Waals surface area contributed by atoms with Gasteiger partial charge in [-0.25, -0.2) is 4.79 Å². The lowest BCUT2D eigenvalue weighted by Crippen LogP contribution is -2.60. The number of aliphatic carboxylic acids is 1. The summed E-state index contributed by atoms with van der Waals surface area (Å²) in [6.07, 6.45) is -9.35. The topological polar surface area (TPSA) is 216 Å². The summed E-state index contributed by atoms with van der Waals surface area (Å²) in [7, 11) is 2.54. The van der Waals surface area contributed by atoms with E-state index in [0.717, 1.165) is 0 Å². The van der Waals surface area contributed by atoms with Crippen molar-refractivity contribution in [1.82, 2.24) is 0 Å². The number of rotatable bonds is 5. The maximum absolute atomic E-state index is 11.4. The number of hydrogen-bond acceptors (Lipinski definition) is 11. The number of carbonyl (C=O) groups excluding carboxylic acids is 2. The number of esters is 2. The number of allylic oxidation sites excluding steroid dienone is 2. The lowest BCUT2D eigenvalue weighted by Gasteiger charge is -2.39. The summed E-state index contributed by atoms with van der Waals surface area (Å²) in [5.74, 6) is -3.53. The Balaban J connectivity index is 1.59. The fourth-order valence-electron chi connectivity index (χ4n) is 4.66. The van der Waals surface area contributed by atoms with E-state index in [9.17, 15) is 39.9 Å². The van der Waals surface area contributed by atoms with Gasteiger partial charge in [-0.1, -0.05) is 0 Å². The molecule has 1 fully saturated rings. The highest BCUT2D eigenvalue weighted by Gasteiger charge is 2.60. The van der Waals surface area contributed by atoms with Crippen molar-refractivity contribution < 1.29 is 68.3 Å². The molecular weight excluding hydrogens is 488 g/mol. The summed E-state index contributed by atoms with van der Waals surface area (Å²) in [6.45, 7) is 0. The highest BCUT2D eigenvalue weighted by atomic mass is 16.7. The standard InChI is InChI=1S/C22H20O14/c1-31-14-7(23)3-5-9-10-6(21(30)34-16(9)14)4-8(15(32-2)17(10)35-20(5)29)33-22-13(26)11(24)12(25)18(36-22)19(27)28/h3-4,11-13,16-18,22-26H,1-2H3,(H,27,28)/p+2. The first-order chi connectivity index (χ1) is 17.1. The molecule has 1 saturated heterocycles. The van der Waals surface area contributed by atoms with Crippen LogP contribution in [0.3, 0.4) is 0 Å². The smallest absolute Gasteiger partial charge is 0.504 e. The lowest BCUT2D eigenvalue weighted by molar-refractivity contribution is -0.284. The highest BCUT2D eigenvalue weighted by Crippen LogP contribution is 2.48. The van der Waals surface area contributed by atoms with Crippen LogP contribution < -0.4 is 0 Å². The van der Waals surface area contributed by atoms with Crippen LogP contribution in [0, 0.1) is 0 Å². The number of carbonyl (C=O) groups is 1. The van der Waals surface area contributed by atoms with Gasteiger partial charge in [-0.2, -0.15) is 0 Å². The fourth-order valence-corrected chi connectivity index (χ4v) is 4.66. The van der Waals surface area contributed by atoms with Crippen LogP contribution in [0.1, 0.15) is 0 Å². The van der Waals surface area contributed by atoms with Crippen LogP contribution in [0.15, 0.2) is 57.5 Å². The van der Waals surface area contributed by atoms with Gasteiger partial charge in [0.15, 0.2) is 17.6 Å². The Morgan fingerprint density at radius 1 is 0.889 bits per heavy atom. The van der Waals surface area contributed by atoms with E-state index >= 15 is 0 Å². The van der Waals surface area contributed by atoms with Gasteiger partial charge in [-0.15, -0.1) is 0 Å². The highest BCUT2D eigenvalue weighted by molar-refractivity contribution is 6.05. The van der Waals surface area contributed by atoms with Crippen LogP contribution in [-0.4, -0.2) is 110 Å². The van der Waals surface area contributed by atoms with E-state index in [2.05, 4.69) is 0 Å². The summed E-state index contributed by atoms with van der Waals surface area (Å²) in [6, 6.07) is 0. The first-order valence-corrected chi connectivity index (χ1v) is 10.6. The Bertz CT molecular complexity index is 1220. The number of hydrogen-bond donors (Lipinski definition) is 5. The van der Waals surface area contributed by atoms with Gasteiger partial charge >= 0.3 is 17.9 Å². The van der Waals surface area contributed by atoms with Crippen LogP contribution in [0.4, 0.5) is 0 Å². The zero-order valence-electron chi connectivity index (χ0n) is 18.7. The third-order valence-electron chi connectivity index (χ3n) is 6.34. The average molecular weight is 510 g/mol. The quantitative estimate of drug-likeness (QED) is 0.203. The van der Waals surface area contributed by atoms with E-state index in [1.165, 1.54) is 26.4 Å². The van der Waals surface area contributed by atoms with Crippen LogP contribution in [0.5, 0.6) is 0 Å². The molecule has 3 aliphatic heterocycles. The van der Waals surface area contributed by atoms with Gasteiger partial charge < -0.3 is 63.5 Å². The van der Waals surface area contributed by atoms with E-state index in [1.807, 2.05) is 0 Å². The predicted octanol–water partition coefficient (Wildman–Crippen LogP) is -1.85. The Hall–Kier alpha value is -3.85. The van der Waals surface area contributed by atoms with E-state index in [-0.39, 0.29) is 34.2 Å². The first kappa shape index (κ1) is 23.9. The molecule has 36 heavy (non-hydrogen) atoms. The van der Waals surface area contributed by atoms with Crippen molar-refractivity contribution in [2.24, 2.45) is 0 Å². The van der Waals surface area contributed by atoms with Gasteiger partial charge in [-0.3, -0.25) is 0 Å². The summed E-state index contributed by atoms with van der Waals surface area (Å²) in [4.78, 5) is 32.7. The van der Waals surface area contributed by atoms with Gasteiger partial charge in [-0.05, 0) is 0 Å². The predicted molar refractivity (Wildman–Crippen MR) is 113 cm³/mol. The Morgan fingerprint density at radius 3 is 2.00 bits per heavy atom. The van der Waals surface area contributed by atoms with Crippen LogP contribution >= 0.6 is 0 Å². The first-order valence-electron chi connectivity index (χ1n) is 10.6. The minimum absolute atomic E-state index is 0.0259. The molecule has 192 valence electrons. The number of aliphatic hydroxyl groups is 4.